The lowest BCUT2D eigenvalue weighted by Crippen LogP contribution is -2.31. The van der Waals surface area contributed by atoms with Crippen molar-refractivity contribution in [2.75, 3.05) is 12.3 Å². The molecule has 1 heterocycles. The van der Waals surface area contributed by atoms with Crippen LogP contribution in [0.3, 0.4) is 0 Å². The minimum Gasteiger partial charge on any atom is -0.461 e. The SMILES string of the molecule is CCOC(=O)C(=NOC1(C)CCCCC1)c1csc(N)n1. The van der Waals surface area contributed by atoms with E-state index in [1.165, 1.54) is 17.8 Å². The molecule has 0 unspecified atom stereocenters. The maximum Gasteiger partial charge on any atom is 0.362 e. The highest BCUT2D eigenvalue weighted by Crippen LogP contribution is 2.31. The molecular weight excluding hydrogens is 290 g/mol. The second kappa shape index (κ2) is 6.89. The second-order valence-electron chi connectivity index (χ2n) is 5.33. The Morgan fingerprint density at radius 3 is 2.76 bits per heavy atom. The smallest absolute Gasteiger partial charge is 0.362 e. The van der Waals surface area contributed by atoms with Gasteiger partial charge in [0.25, 0.3) is 0 Å². The van der Waals surface area contributed by atoms with Crippen LogP contribution in [0.1, 0.15) is 51.6 Å². The van der Waals surface area contributed by atoms with Crippen molar-refractivity contribution >= 4 is 28.1 Å². The first-order chi connectivity index (χ1) is 10.0. The van der Waals surface area contributed by atoms with Gasteiger partial charge in [0.1, 0.15) is 11.3 Å². The number of hydrogen-bond donors (Lipinski definition) is 1. The van der Waals surface area contributed by atoms with Crippen molar-refractivity contribution in [3.63, 3.8) is 0 Å². The number of thiazole rings is 1. The van der Waals surface area contributed by atoms with Crippen molar-refractivity contribution in [2.24, 2.45) is 5.16 Å². The fourth-order valence-corrected chi connectivity index (χ4v) is 2.88. The quantitative estimate of drug-likeness (QED) is 0.513. The summed E-state index contributed by atoms with van der Waals surface area (Å²) < 4.78 is 5.01. The van der Waals surface area contributed by atoms with Crippen molar-refractivity contribution in [1.82, 2.24) is 4.98 Å². The van der Waals surface area contributed by atoms with E-state index in [-0.39, 0.29) is 17.9 Å². The lowest BCUT2D eigenvalue weighted by Gasteiger charge is -2.30. The second-order valence-corrected chi connectivity index (χ2v) is 6.22. The molecule has 0 spiro atoms. The maximum atomic E-state index is 12.0. The summed E-state index contributed by atoms with van der Waals surface area (Å²) in [6.07, 6.45) is 5.32. The Hall–Kier alpha value is -1.63. The molecule has 1 fully saturated rings. The third-order valence-electron chi connectivity index (χ3n) is 3.50. The van der Waals surface area contributed by atoms with E-state index in [0.717, 1.165) is 25.7 Å². The summed E-state index contributed by atoms with van der Waals surface area (Å²) in [5, 5.41) is 6.11. The molecule has 7 heteroatoms. The molecule has 0 atom stereocenters. The molecule has 6 nitrogen and oxygen atoms in total. The first-order valence-electron chi connectivity index (χ1n) is 7.19. The maximum absolute atomic E-state index is 12.0. The van der Waals surface area contributed by atoms with E-state index in [1.807, 2.05) is 6.92 Å². The third kappa shape index (κ3) is 4.17. The monoisotopic (exact) mass is 311 g/mol. The van der Waals surface area contributed by atoms with Crippen LogP contribution in [-0.2, 0) is 14.4 Å². The van der Waals surface area contributed by atoms with Crippen LogP contribution < -0.4 is 5.73 Å². The highest BCUT2D eigenvalue weighted by molar-refractivity contribution is 7.13. The van der Waals surface area contributed by atoms with E-state index in [0.29, 0.717) is 10.8 Å². The van der Waals surface area contributed by atoms with Crippen molar-refractivity contribution in [1.29, 1.82) is 0 Å². The molecule has 1 saturated carbocycles. The molecule has 0 aromatic carbocycles. The number of aromatic nitrogens is 1. The van der Waals surface area contributed by atoms with Crippen molar-refractivity contribution in [2.45, 2.75) is 51.6 Å². The zero-order valence-electron chi connectivity index (χ0n) is 12.4. The van der Waals surface area contributed by atoms with E-state index in [1.54, 1.807) is 12.3 Å². The Morgan fingerprint density at radius 1 is 1.48 bits per heavy atom. The molecule has 2 rings (SSSR count). The van der Waals surface area contributed by atoms with Crippen LogP contribution in [0.2, 0.25) is 0 Å². The highest BCUT2D eigenvalue weighted by Gasteiger charge is 2.30. The van der Waals surface area contributed by atoms with Crippen molar-refractivity contribution < 1.29 is 14.4 Å². The van der Waals surface area contributed by atoms with E-state index in [4.69, 9.17) is 15.3 Å². The summed E-state index contributed by atoms with van der Waals surface area (Å²) in [5.41, 5.74) is 5.77. The van der Waals surface area contributed by atoms with Crippen LogP contribution in [0, 0.1) is 0 Å². The van der Waals surface area contributed by atoms with Crippen LogP contribution in [0.4, 0.5) is 5.13 Å². The molecule has 0 saturated heterocycles. The molecular formula is C14H21N3O3S. The highest BCUT2D eigenvalue weighted by atomic mass is 32.1. The topological polar surface area (TPSA) is 86.8 Å². The molecule has 0 bridgehead atoms. The number of nitrogens with zero attached hydrogens (tertiary/aromatic N) is 2. The summed E-state index contributed by atoms with van der Waals surface area (Å²) in [5.74, 6) is -0.540. The van der Waals surface area contributed by atoms with Crippen molar-refractivity contribution in [3.05, 3.63) is 11.1 Å². The fourth-order valence-electron chi connectivity index (χ4n) is 2.33. The van der Waals surface area contributed by atoms with Gasteiger partial charge in [-0.3, -0.25) is 0 Å². The summed E-state index contributed by atoms with van der Waals surface area (Å²) in [7, 11) is 0. The first kappa shape index (κ1) is 15.8. The van der Waals surface area contributed by atoms with Crippen LogP contribution in [0.15, 0.2) is 10.5 Å². The van der Waals surface area contributed by atoms with Gasteiger partial charge in [0.2, 0.25) is 5.71 Å². The van der Waals surface area contributed by atoms with Gasteiger partial charge in [-0.05, 0) is 39.5 Å². The lowest BCUT2D eigenvalue weighted by molar-refractivity contribution is -0.135. The molecule has 1 aromatic heterocycles. The zero-order valence-corrected chi connectivity index (χ0v) is 13.2. The van der Waals surface area contributed by atoms with Gasteiger partial charge in [0, 0.05) is 5.38 Å². The van der Waals surface area contributed by atoms with Gasteiger partial charge in [0.15, 0.2) is 5.13 Å². The third-order valence-corrected chi connectivity index (χ3v) is 4.18. The molecule has 0 amide bonds. The largest absolute Gasteiger partial charge is 0.461 e. The Balaban J connectivity index is 2.18. The molecule has 21 heavy (non-hydrogen) atoms. The Labute approximate surface area is 128 Å². The normalized spacial score (nSPS) is 18.3. The fraction of sp³-hybridized carbons (Fsp3) is 0.643. The van der Waals surface area contributed by atoms with Crippen LogP contribution in [0.5, 0.6) is 0 Å². The minimum absolute atomic E-state index is 0.0802. The molecule has 1 aliphatic rings. The molecule has 1 aromatic rings. The number of oxime groups is 1. The van der Waals surface area contributed by atoms with Crippen molar-refractivity contribution in [3.8, 4) is 0 Å². The Kier molecular flexibility index (Phi) is 5.17. The summed E-state index contributed by atoms with van der Waals surface area (Å²) >= 11 is 1.25. The molecule has 2 N–H and O–H groups in total. The number of anilines is 1. The average molecular weight is 311 g/mol. The lowest BCUT2D eigenvalue weighted by atomic mass is 9.87. The van der Waals surface area contributed by atoms with Gasteiger partial charge in [-0.1, -0.05) is 11.6 Å². The van der Waals surface area contributed by atoms with Crippen LogP contribution >= 0.6 is 11.3 Å². The number of ether oxygens (including phenoxy) is 1. The summed E-state index contributed by atoms with van der Waals surface area (Å²) in [4.78, 5) is 21.8. The van der Waals surface area contributed by atoms with E-state index >= 15 is 0 Å². The number of carbonyl (C=O) groups is 1. The Bertz CT molecular complexity index is 521. The summed E-state index contributed by atoms with van der Waals surface area (Å²) in [6, 6.07) is 0. The minimum atomic E-state index is -0.540. The number of nitrogens with two attached hydrogens (primary N) is 1. The average Bonchev–Trinajstić information content (AvgIpc) is 2.86. The molecule has 0 radical (unpaired) electrons. The van der Waals surface area contributed by atoms with Gasteiger partial charge < -0.3 is 15.3 Å². The van der Waals surface area contributed by atoms with E-state index in [9.17, 15) is 4.79 Å². The number of rotatable bonds is 5. The predicted octanol–water partition coefficient (Wildman–Crippen LogP) is 2.73. The zero-order chi connectivity index (χ0) is 15.3. The predicted molar refractivity (Wildman–Crippen MR) is 82.3 cm³/mol. The molecule has 1 aliphatic carbocycles. The molecule has 116 valence electrons. The number of hydrogen-bond acceptors (Lipinski definition) is 7. The number of esters is 1. The number of nitrogen functional groups attached to an aromatic ring is 1. The standard InChI is InChI=1S/C14H21N3O3S/c1-3-19-12(18)11(10-9-21-13(15)16-10)17-20-14(2)7-5-4-6-8-14/h9H,3-8H2,1-2H3,(H2,15,16). The van der Waals surface area contributed by atoms with E-state index in [2.05, 4.69) is 10.1 Å². The Morgan fingerprint density at radius 2 is 2.19 bits per heavy atom. The summed E-state index contributed by atoms with van der Waals surface area (Å²) in [6.45, 7) is 4.04. The first-order valence-corrected chi connectivity index (χ1v) is 8.07. The van der Waals surface area contributed by atoms with E-state index < -0.39 is 5.97 Å². The van der Waals surface area contributed by atoms with Crippen LogP contribution in [0.25, 0.3) is 0 Å². The van der Waals surface area contributed by atoms with Crippen LogP contribution in [-0.4, -0.2) is 28.9 Å². The van der Waals surface area contributed by atoms with Gasteiger partial charge in [0.05, 0.1) is 6.61 Å². The molecule has 0 aliphatic heterocycles. The van der Waals surface area contributed by atoms with Gasteiger partial charge in [-0.2, -0.15) is 0 Å². The van der Waals surface area contributed by atoms with Gasteiger partial charge >= 0.3 is 5.97 Å². The van der Waals surface area contributed by atoms with Gasteiger partial charge in [-0.15, -0.1) is 11.3 Å². The number of carbonyl (C=O) groups excluding carboxylic acids is 1. The van der Waals surface area contributed by atoms with Gasteiger partial charge in [-0.25, -0.2) is 9.78 Å².